The minimum Gasteiger partial charge on any atom is -0.303 e. The van der Waals surface area contributed by atoms with Crippen molar-refractivity contribution in [2.24, 2.45) is 5.41 Å². The van der Waals surface area contributed by atoms with Gasteiger partial charge < -0.3 is 4.90 Å². The number of nitrogens with zero attached hydrogens (tertiary/aromatic N) is 1. The van der Waals surface area contributed by atoms with Crippen LogP contribution >= 0.6 is 0 Å². The van der Waals surface area contributed by atoms with Gasteiger partial charge in [0.25, 0.3) is 0 Å². The molecular weight excluding hydrogens is 170 g/mol. The number of rotatable bonds is 4. The van der Waals surface area contributed by atoms with E-state index in [-0.39, 0.29) is 0 Å². The molecule has 0 saturated heterocycles. The lowest BCUT2D eigenvalue weighted by Crippen LogP contribution is -2.39. The third-order valence-corrected chi connectivity index (χ3v) is 3.83. The Kier molecular flexibility index (Phi) is 4.43. The van der Waals surface area contributed by atoms with E-state index in [1.165, 1.54) is 45.1 Å². The topological polar surface area (TPSA) is 3.24 Å². The molecule has 0 unspecified atom stereocenters. The van der Waals surface area contributed by atoms with Crippen molar-refractivity contribution >= 4 is 0 Å². The Balaban J connectivity index is 2.36. The predicted octanol–water partition coefficient (Wildman–Crippen LogP) is 3.69. The van der Waals surface area contributed by atoms with Crippen molar-refractivity contribution in [3.05, 3.63) is 0 Å². The smallest absolute Gasteiger partial charge is 0.00924 e. The maximum absolute atomic E-state index is 2.60. The van der Waals surface area contributed by atoms with Gasteiger partial charge in [0.1, 0.15) is 0 Å². The second kappa shape index (κ2) is 5.16. The average Bonchev–Trinajstić information content (AvgIpc) is 2.19. The quantitative estimate of drug-likeness (QED) is 0.664. The molecule has 0 heterocycles. The molecule has 1 nitrogen and oxygen atoms in total. The highest BCUT2D eigenvalue weighted by molar-refractivity contribution is 4.78. The highest BCUT2D eigenvalue weighted by Gasteiger charge is 2.23. The van der Waals surface area contributed by atoms with Crippen molar-refractivity contribution in [3.8, 4) is 0 Å². The van der Waals surface area contributed by atoms with Gasteiger partial charge >= 0.3 is 0 Å². The molecule has 0 aromatic heterocycles. The Morgan fingerprint density at radius 3 is 2.21 bits per heavy atom. The van der Waals surface area contributed by atoms with Gasteiger partial charge in [-0.1, -0.05) is 40.0 Å². The Morgan fingerprint density at radius 2 is 1.71 bits per heavy atom. The van der Waals surface area contributed by atoms with Gasteiger partial charge in [0.15, 0.2) is 0 Å². The fraction of sp³-hybridized carbons (Fsp3) is 1.00. The first-order chi connectivity index (χ1) is 6.55. The summed E-state index contributed by atoms with van der Waals surface area (Å²) in [5.41, 5.74) is 0.492. The second-order valence-corrected chi connectivity index (χ2v) is 5.72. The Labute approximate surface area is 89.9 Å². The molecule has 0 aromatic carbocycles. The monoisotopic (exact) mass is 197 g/mol. The predicted molar refractivity (Wildman–Crippen MR) is 63.6 cm³/mol. The van der Waals surface area contributed by atoms with Crippen molar-refractivity contribution in [1.82, 2.24) is 4.90 Å². The van der Waals surface area contributed by atoms with E-state index in [9.17, 15) is 0 Å². The SMILES string of the molecule is CCC(C)(C)CN(C)C1CCCCC1. The fourth-order valence-corrected chi connectivity index (χ4v) is 2.44. The highest BCUT2D eigenvalue weighted by Crippen LogP contribution is 2.26. The number of hydrogen-bond donors (Lipinski definition) is 0. The van der Waals surface area contributed by atoms with E-state index in [1.807, 2.05) is 0 Å². The molecule has 0 atom stereocenters. The summed E-state index contributed by atoms with van der Waals surface area (Å²) in [5, 5.41) is 0. The summed E-state index contributed by atoms with van der Waals surface area (Å²) in [4.78, 5) is 2.60. The zero-order chi connectivity index (χ0) is 10.6. The van der Waals surface area contributed by atoms with Crippen molar-refractivity contribution in [2.45, 2.75) is 65.3 Å². The third kappa shape index (κ3) is 3.61. The zero-order valence-electron chi connectivity index (χ0n) is 10.5. The van der Waals surface area contributed by atoms with Crippen LogP contribution in [0.5, 0.6) is 0 Å². The summed E-state index contributed by atoms with van der Waals surface area (Å²) in [6.45, 7) is 8.32. The molecule has 0 bridgehead atoms. The van der Waals surface area contributed by atoms with E-state index >= 15 is 0 Å². The van der Waals surface area contributed by atoms with Crippen LogP contribution in [0.3, 0.4) is 0 Å². The summed E-state index contributed by atoms with van der Waals surface area (Å²) in [5.74, 6) is 0. The van der Waals surface area contributed by atoms with Crippen LogP contribution in [-0.2, 0) is 0 Å². The fourth-order valence-electron chi connectivity index (χ4n) is 2.44. The normalized spacial score (nSPS) is 20.4. The molecule has 0 amide bonds. The van der Waals surface area contributed by atoms with E-state index < -0.39 is 0 Å². The summed E-state index contributed by atoms with van der Waals surface area (Å²) in [7, 11) is 2.31. The van der Waals surface area contributed by atoms with Crippen LogP contribution in [0, 0.1) is 5.41 Å². The lowest BCUT2D eigenvalue weighted by Gasteiger charge is -2.36. The van der Waals surface area contributed by atoms with E-state index in [2.05, 4.69) is 32.7 Å². The van der Waals surface area contributed by atoms with Gasteiger partial charge in [-0.15, -0.1) is 0 Å². The van der Waals surface area contributed by atoms with Gasteiger partial charge in [0.2, 0.25) is 0 Å². The van der Waals surface area contributed by atoms with Gasteiger partial charge in [0, 0.05) is 12.6 Å². The molecule has 0 aromatic rings. The molecular formula is C13H27N. The van der Waals surface area contributed by atoms with Crippen LogP contribution < -0.4 is 0 Å². The van der Waals surface area contributed by atoms with Crippen molar-refractivity contribution in [1.29, 1.82) is 0 Å². The van der Waals surface area contributed by atoms with Gasteiger partial charge in [0.05, 0.1) is 0 Å². The highest BCUT2D eigenvalue weighted by atomic mass is 15.1. The van der Waals surface area contributed by atoms with Crippen LogP contribution in [0.2, 0.25) is 0 Å². The molecule has 0 radical (unpaired) electrons. The third-order valence-electron chi connectivity index (χ3n) is 3.83. The maximum atomic E-state index is 2.60. The van der Waals surface area contributed by atoms with Gasteiger partial charge in [-0.05, 0) is 31.7 Å². The van der Waals surface area contributed by atoms with Crippen LogP contribution in [0.25, 0.3) is 0 Å². The first-order valence-corrected chi connectivity index (χ1v) is 6.25. The molecule has 84 valence electrons. The molecule has 1 aliphatic carbocycles. The minimum atomic E-state index is 0.492. The van der Waals surface area contributed by atoms with Crippen molar-refractivity contribution in [2.75, 3.05) is 13.6 Å². The molecule has 1 fully saturated rings. The largest absolute Gasteiger partial charge is 0.303 e. The molecule has 0 N–H and O–H groups in total. The first-order valence-electron chi connectivity index (χ1n) is 6.25. The van der Waals surface area contributed by atoms with Crippen molar-refractivity contribution in [3.63, 3.8) is 0 Å². The van der Waals surface area contributed by atoms with E-state index in [4.69, 9.17) is 0 Å². The van der Waals surface area contributed by atoms with Gasteiger partial charge in [-0.2, -0.15) is 0 Å². The molecule has 14 heavy (non-hydrogen) atoms. The maximum Gasteiger partial charge on any atom is 0.00924 e. The van der Waals surface area contributed by atoms with E-state index in [1.54, 1.807) is 0 Å². The lowest BCUT2D eigenvalue weighted by molar-refractivity contribution is 0.130. The summed E-state index contributed by atoms with van der Waals surface area (Å²) < 4.78 is 0. The molecule has 1 heteroatoms. The van der Waals surface area contributed by atoms with Crippen LogP contribution in [0.4, 0.5) is 0 Å². The molecule has 0 aliphatic heterocycles. The Hall–Kier alpha value is -0.0400. The lowest BCUT2D eigenvalue weighted by atomic mass is 9.87. The Bertz CT molecular complexity index is 157. The minimum absolute atomic E-state index is 0.492. The summed E-state index contributed by atoms with van der Waals surface area (Å²) in [6, 6.07) is 0.870. The molecule has 0 spiro atoms. The van der Waals surface area contributed by atoms with Crippen LogP contribution in [0.1, 0.15) is 59.3 Å². The van der Waals surface area contributed by atoms with Gasteiger partial charge in [-0.25, -0.2) is 0 Å². The number of hydrogen-bond acceptors (Lipinski definition) is 1. The Morgan fingerprint density at radius 1 is 1.14 bits per heavy atom. The zero-order valence-corrected chi connectivity index (χ0v) is 10.5. The summed E-state index contributed by atoms with van der Waals surface area (Å²) in [6.07, 6.45) is 8.49. The summed E-state index contributed by atoms with van der Waals surface area (Å²) >= 11 is 0. The molecule has 1 aliphatic rings. The van der Waals surface area contributed by atoms with Crippen molar-refractivity contribution < 1.29 is 0 Å². The van der Waals surface area contributed by atoms with Crippen LogP contribution in [0.15, 0.2) is 0 Å². The molecule has 1 rings (SSSR count). The first kappa shape index (κ1) is 12.0. The second-order valence-electron chi connectivity index (χ2n) is 5.72. The average molecular weight is 197 g/mol. The van der Waals surface area contributed by atoms with E-state index in [0.717, 1.165) is 6.04 Å². The standard InChI is InChI=1S/C13H27N/c1-5-13(2,3)11-14(4)12-9-7-6-8-10-12/h12H,5-11H2,1-4H3. The van der Waals surface area contributed by atoms with Gasteiger partial charge in [-0.3, -0.25) is 0 Å². The molecule has 1 saturated carbocycles. The van der Waals surface area contributed by atoms with E-state index in [0.29, 0.717) is 5.41 Å². The van der Waals surface area contributed by atoms with Crippen LogP contribution in [-0.4, -0.2) is 24.5 Å².